The lowest BCUT2D eigenvalue weighted by molar-refractivity contribution is -0.180. The van der Waals surface area contributed by atoms with Gasteiger partial charge in [-0.3, -0.25) is 0 Å². The predicted molar refractivity (Wildman–Crippen MR) is 101 cm³/mol. The summed E-state index contributed by atoms with van der Waals surface area (Å²) in [5, 5.41) is 0. The van der Waals surface area contributed by atoms with Gasteiger partial charge in [-0.25, -0.2) is 4.79 Å². The topological polar surface area (TPSA) is 57.2 Å². The van der Waals surface area contributed by atoms with Crippen molar-refractivity contribution in [2.75, 3.05) is 26.3 Å². The summed E-state index contributed by atoms with van der Waals surface area (Å²) in [6, 6.07) is 5.94. The summed E-state index contributed by atoms with van der Waals surface area (Å²) in [5.41, 5.74) is 1.98. The first-order valence-corrected chi connectivity index (χ1v) is 9.77. The molecule has 0 aliphatic carbocycles. The van der Waals surface area contributed by atoms with Crippen LogP contribution in [-0.4, -0.2) is 43.1 Å². The number of nitrogens with zero attached hydrogens (tertiary/aromatic N) is 1. The Hall–Kier alpha value is -1.79. The molecule has 2 aliphatic heterocycles. The van der Waals surface area contributed by atoms with Crippen molar-refractivity contribution in [2.45, 2.75) is 58.0 Å². The highest BCUT2D eigenvalue weighted by Crippen LogP contribution is 2.35. The van der Waals surface area contributed by atoms with Gasteiger partial charge in [0.05, 0.1) is 13.2 Å². The molecule has 1 aromatic carbocycles. The zero-order chi connectivity index (χ0) is 19.3. The number of ether oxygens (including phenoxy) is 4. The summed E-state index contributed by atoms with van der Waals surface area (Å²) < 4.78 is 22.3. The van der Waals surface area contributed by atoms with E-state index in [1.165, 1.54) is 0 Å². The zero-order valence-corrected chi connectivity index (χ0v) is 16.4. The van der Waals surface area contributed by atoms with Crippen LogP contribution < -0.4 is 4.74 Å². The molecule has 6 heteroatoms. The Morgan fingerprint density at radius 1 is 1.26 bits per heavy atom. The molecular weight excluding hydrogens is 346 g/mol. The van der Waals surface area contributed by atoms with Gasteiger partial charge in [0.1, 0.15) is 11.9 Å². The second-order valence-corrected chi connectivity index (χ2v) is 7.50. The molecule has 0 aromatic heterocycles. The smallest absolute Gasteiger partial charge is 0.410 e. The van der Waals surface area contributed by atoms with E-state index in [4.69, 9.17) is 18.9 Å². The Bertz CT molecular complexity index is 645. The van der Waals surface area contributed by atoms with E-state index in [0.717, 1.165) is 55.7 Å². The van der Waals surface area contributed by atoms with Gasteiger partial charge < -0.3 is 23.8 Å². The number of fused-ring (bicyclic) bond motifs is 1. The van der Waals surface area contributed by atoms with Gasteiger partial charge in [0.15, 0.2) is 0 Å². The summed E-state index contributed by atoms with van der Waals surface area (Å²) >= 11 is 0. The van der Waals surface area contributed by atoms with E-state index >= 15 is 0 Å². The Labute approximate surface area is 161 Å². The first-order chi connectivity index (χ1) is 13.0. The quantitative estimate of drug-likeness (QED) is 0.604. The second-order valence-electron chi connectivity index (χ2n) is 7.50. The van der Waals surface area contributed by atoms with Crippen molar-refractivity contribution in [1.82, 2.24) is 4.90 Å². The molecule has 1 saturated heterocycles. The summed E-state index contributed by atoms with van der Waals surface area (Å²) in [7, 11) is 0. The van der Waals surface area contributed by atoms with Gasteiger partial charge in [-0.1, -0.05) is 18.9 Å². The van der Waals surface area contributed by atoms with Crippen LogP contribution in [0.2, 0.25) is 0 Å². The average Bonchev–Trinajstić information content (AvgIpc) is 3.00. The van der Waals surface area contributed by atoms with E-state index in [1.54, 1.807) is 4.90 Å². The van der Waals surface area contributed by atoms with E-state index in [9.17, 15) is 4.79 Å². The molecule has 149 valence electrons. The largest absolute Gasteiger partial charge is 0.463 e. The summed E-state index contributed by atoms with van der Waals surface area (Å²) in [6.45, 7) is 10.6. The van der Waals surface area contributed by atoms with Gasteiger partial charge in [0.2, 0.25) is 5.79 Å². The van der Waals surface area contributed by atoms with E-state index < -0.39 is 5.79 Å². The molecule has 6 nitrogen and oxygen atoms in total. The number of cyclic esters (lactones) is 1. The Morgan fingerprint density at radius 3 is 2.89 bits per heavy atom. The van der Waals surface area contributed by atoms with Crippen molar-refractivity contribution in [1.29, 1.82) is 0 Å². The maximum Gasteiger partial charge on any atom is 0.410 e. The molecule has 1 amide bonds. The van der Waals surface area contributed by atoms with Crippen LogP contribution in [-0.2, 0) is 20.8 Å². The number of rotatable bonds is 9. The van der Waals surface area contributed by atoms with E-state index in [2.05, 4.69) is 6.92 Å². The lowest BCUT2D eigenvalue weighted by Crippen LogP contribution is -2.35. The highest BCUT2D eigenvalue weighted by atomic mass is 16.7. The molecule has 0 unspecified atom stereocenters. The van der Waals surface area contributed by atoms with Gasteiger partial charge >= 0.3 is 6.09 Å². The van der Waals surface area contributed by atoms with Crippen molar-refractivity contribution in [3.8, 4) is 5.75 Å². The molecule has 0 saturated carbocycles. The number of amides is 1. The fraction of sp³-hybridized carbons (Fsp3) is 0.619. The predicted octanol–water partition coefficient (Wildman–Crippen LogP) is 4.24. The third kappa shape index (κ3) is 5.36. The molecule has 1 fully saturated rings. The Balaban J connectivity index is 1.48. The molecule has 2 aliphatic rings. The standard InChI is InChI=1S/C21H30NO5/c1-4-24-12-8-6-5-7-11-22-14-19(26-20(22)23)16-9-10-18-17(13-16)15-25-21(2,3)27-18/h9-10,13,19H,1,4-8,11-12,14-15H2,2-3H3/t19-/m0/s1. The Kier molecular flexibility index (Phi) is 6.60. The molecule has 27 heavy (non-hydrogen) atoms. The number of benzene rings is 1. The second kappa shape index (κ2) is 8.93. The fourth-order valence-electron chi connectivity index (χ4n) is 3.38. The van der Waals surface area contributed by atoms with Crippen LogP contribution >= 0.6 is 0 Å². The van der Waals surface area contributed by atoms with E-state index in [1.807, 2.05) is 32.0 Å². The fourth-order valence-corrected chi connectivity index (χ4v) is 3.38. The zero-order valence-electron chi connectivity index (χ0n) is 16.4. The molecule has 1 radical (unpaired) electrons. The highest BCUT2D eigenvalue weighted by Gasteiger charge is 2.33. The molecule has 0 bridgehead atoms. The van der Waals surface area contributed by atoms with Crippen LogP contribution in [0.4, 0.5) is 4.79 Å². The minimum Gasteiger partial charge on any atom is -0.463 e. The summed E-state index contributed by atoms with van der Waals surface area (Å²) in [4.78, 5) is 14.0. The van der Waals surface area contributed by atoms with Gasteiger partial charge in [-0.05, 0) is 37.5 Å². The summed E-state index contributed by atoms with van der Waals surface area (Å²) in [5.74, 6) is 0.226. The first kappa shape index (κ1) is 20.0. The number of hydrogen-bond donors (Lipinski definition) is 0. The van der Waals surface area contributed by atoms with Crippen LogP contribution in [0.3, 0.4) is 0 Å². The molecule has 1 atom stereocenters. The average molecular weight is 376 g/mol. The minimum atomic E-state index is -0.606. The Morgan fingerprint density at radius 2 is 2.07 bits per heavy atom. The third-order valence-electron chi connectivity index (χ3n) is 4.89. The van der Waals surface area contributed by atoms with E-state index in [-0.39, 0.29) is 12.2 Å². The van der Waals surface area contributed by atoms with Crippen molar-refractivity contribution < 1.29 is 23.7 Å². The number of carbonyl (C=O) groups excluding carboxylic acids is 1. The lowest BCUT2D eigenvalue weighted by atomic mass is 10.0. The molecule has 3 rings (SSSR count). The van der Waals surface area contributed by atoms with Crippen molar-refractivity contribution in [3.63, 3.8) is 0 Å². The maximum atomic E-state index is 12.2. The van der Waals surface area contributed by atoms with Crippen LogP contribution in [0.25, 0.3) is 0 Å². The SMILES string of the molecule is [CH2]COCCCCCCN1C[C@@H](c2ccc3c(c2)COC(C)(C)O3)OC1=O. The molecule has 2 heterocycles. The van der Waals surface area contributed by atoms with Gasteiger partial charge in [-0.15, -0.1) is 0 Å². The van der Waals surface area contributed by atoms with Crippen LogP contribution in [0, 0.1) is 6.92 Å². The van der Waals surface area contributed by atoms with Crippen molar-refractivity contribution >= 4 is 6.09 Å². The monoisotopic (exact) mass is 376 g/mol. The molecule has 0 spiro atoms. The molecular formula is C21H30NO5. The first-order valence-electron chi connectivity index (χ1n) is 9.77. The third-order valence-corrected chi connectivity index (χ3v) is 4.89. The number of unbranched alkanes of at least 4 members (excludes halogenated alkanes) is 3. The lowest BCUT2D eigenvalue weighted by Gasteiger charge is -2.32. The molecule has 1 aromatic rings. The molecule has 0 N–H and O–H groups in total. The van der Waals surface area contributed by atoms with Crippen molar-refractivity contribution in [2.24, 2.45) is 0 Å². The van der Waals surface area contributed by atoms with Crippen LogP contribution in [0.1, 0.15) is 56.8 Å². The van der Waals surface area contributed by atoms with Gasteiger partial charge in [0, 0.05) is 39.2 Å². The minimum absolute atomic E-state index is 0.230. The van der Waals surface area contributed by atoms with Gasteiger partial charge in [0.25, 0.3) is 0 Å². The van der Waals surface area contributed by atoms with Crippen LogP contribution in [0.5, 0.6) is 5.75 Å². The summed E-state index contributed by atoms with van der Waals surface area (Å²) in [6.07, 6.45) is 3.74. The van der Waals surface area contributed by atoms with E-state index in [0.29, 0.717) is 19.8 Å². The van der Waals surface area contributed by atoms with Crippen molar-refractivity contribution in [3.05, 3.63) is 36.2 Å². The number of carbonyl (C=O) groups is 1. The number of hydrogen-bond acceptors (Lipinski definition) is 5. The normalized spacial score (nSPS) is 20.9. The maximum absolute atomic E-state index is 12.2. The highest BCUT2D eigenvalue weighted by molar-refractivity contribution is 5.70. The van der Waals surface area contributed by atoms with Gasteiger partial charge in [-0.2, -0.15) is 0 Å². The van der Waals surface area contributed by atoms with Crippen LogP contribution in [0.15, 0.2) is 18.2 Å².